The summed E-state index contributed by atoms with van der Waals surface area (Å²) in [7, 11) is 1.66. The number of hydrogen-bond acceptors (Lipinski definition) is 4. The van der Waals surface area contributed by atoms with Gasteiger partial charge in [0.25, 0.3) is 0 Å². The number of methoxy groups -OCH3 is 1. The number of likely N-dealkylation sites (tertiary alicyclic amines) is 1. The van der Waals surface area contributed by atoms with Crippen LogP contribution in [0, 0.1) is 11.3 Å². The third-order valence-corrected chi connectivity index (χ3v) is 3.98. The van der Waals surface area contributed by atoms with Crippen LogP contribution in [0.3, 0.4) is 0 Å². The van der Waals surface area contributed by atoms with Crippen LogP contribution >= 0.6 is 0 Å². The zero-order valence-corrected chi connectivity index (χ0v) is 12.0. The molecule has 1 aromatic carbocycles. The van der Waals surface area contributed by atoms with Crippen molar-refractivity contribution in [2.24, 2.45) is 0 Å². The molecular weight excluding hydrogens is 252 g/mol. The van der Waals surface area contributed by atoms with Gasteiger partial charge in [-0.3, -0.25) is 4.90 Å². The van der Waals surface area contributed by atoms with Gasteiger partial charge in [-0.2, -0.15) is 5.26 Å². The molecule has 1 saturated heterocycles. The van der Waals surface area contributed by atoms with Gasteiger partial charge < -0.3 is 9.84 Å². The van der Waals surface area contributed by atoms with Gasteiger partial charge in [0.15, 0.2) is 0 Å². The van der Waals surface area contributed by atoms with Crippen LogP contribution in [0.2, 0.25) is 0 Å². The van der Waals surface area contributed by atoms with Crippen LogP contribution in [-0.2, 0) is 6.54 Å². The van der Waals surface area contributed by atoms with Crippen molar-refractivity contribution in [2.45, 2.75) is 38.3 Å². The lowest BCUT2D eigenvalue weighted by atomic mass is 10.1. The fourth-order valence-electron chi connectivity index (χ4n) is 2.95. The zero-order chi connectivity index (χ0) is 14.4. The number of hydrogen-bond donors (Lipinski definition) is 1. The molecule has 0 bridgehead atoms. The molecule has 0 amide bonds. The Morgan fingerprint density at radius 1 is 1.50 bits per heavy atom. The summed E-state index contributed by atoms with van der Waals surface area (Å²) >= 11 is 0. The highest BCUT2D eigenvalue weighted by Gasteiger charge is 2.24. The highest BCUT2D eigenvalue weighted by Crippen LogP contribution is 2.27. The Bertz CT molecular complexity index is 482. The molecule has 2 rings (SSSR count). The first-order valence-electron chi connectivity index (χ1n) is 7.20. The van der Waals surface area contributed by atoms with Gasteiger partial charge in [-0.1, -0.05) is 0 Å². The number of rotatable bonds is 6. The Hall–Kier alpha value is -1.57. The van der Waals surface area contributed by atoms with E-state index in [0.717, 1.165) is 37.2 Å². The molecule has 0 radical (unpaired) electrons. The summed E-state index contributed by atoms with van der Waals surface area (Å²) in [4.78, 5) is 2.44. The molecule has 4 heteroatoms. The summed E-state index contributed by atoms with van der Waals surface area (Å²) in [5.41, 5.74) is 1.74. The van der Waals surface area contributed by atoms with Crippen LogP contribution in [0.1, 0.15) is 36.8 Å². The summed E-state index contributed by atoms with van der Waals surface area (Å²) in [6.07, 6.45) is 4.30. The first-order valence-corrected chi connectivity index (χ1v) is 7.20. The van der Waals surface area contributed by atoms with Crippen LogP contribution in [-0.4, -0.2) is 36.3 Å². The molecule has 1 fully saturated rings. The molecule has 4 nitrogen and oxygen atoms in total. The van der Waals surface area contributed by atoms with Crippen molar-refractivity contribution in [2.75, 3.05) is 20.3 Å². The molecule has 1 unspecified atom stereocenters. The highest BCUT2D eigenvalue weighted by atomic mass is 16.5. The molecule has 20 heavy (non-hydrogen) atoms. The Labute approximate surface area is 120 Å². The van der Waals surface area contributed by atoms with E-state index in [2.05, 4.69) is 11.0 Å². The van der Waals surface area contributed by atoms with E-state index in [0.29, 0.717) is 11.6 Å². The van der Waals surface area contributed by atoms with Crippen LogP contribution < -0.4 is 4.74 Å². The number of aliphatic hydroxyl groups is 1. The van der Waals surface area contributed by atoms with E-state index in [1.165, 1.54) is 12.8 Å². The van der Waals surface area contributed by atoms with Gasteiger partial charge in [-0.05, 0) is 50.4 Å². The lowest BCUT2D eigenvalue weighted by Crippen LogP contribution is -2.29. The SMILES string of the molecule is COc1ccc(C#N)cc1CN1CCCC1CCCO. The van der Waals surface area contributed by atoms with Gasteiger partial charge >= 0.3 is 0 Å². The minimum atomic E-state index is 0.261. The van der Waals surface area contributed by atoms with Gasteiger partial charge in [0.2, 0.25) is 0 Å². The van der Waals surface area contributed by atoms with Crippen molar-refractivity contribution in [1.29, 1.82) is 5.26 Å². The van der Waals surface area contributed by atoms with Gasteiger partial charge in [0.1, 0.15) is 5.75 Å². The summed E-state index contributed by atoms with van der Waals surface area (Å²) in [5, 5.41) is 18.0. The maximum Gasteiger partial charge on any atom is 0.123 e. The predicted octanol–water partition coefficient (Wildman–Crippen LogP) is 2.30. The normalized spacial score (nSPS) is 18.9. The summed E-state index contributed by atoms with van der Waals surface area (Å²) in [5.74, 6) is 0.844. The van der Waals surface area contributed by atoms with Gasteiger partial charge in [0.05, 0.1) is 18.7 Å². The maximum absolute atomic E-state index is 9.02. The number of nitrogens with zero attached hydrogens (tertiary/aromatic N) is 2. The van der Waals surface area contributed by atoms with Crippen molar-refractivity contribution in [1.82, 2.24) is 4.90 Å². The van der Waals surface area contributed by atoms with Crippen LogP contribution in [0.25, 0.3) is 0 Å². The van der Waals surface area contributed by atoms with E-state index < -0.39 is 0 Å². The van der Waals surface area contributed by atoms with E-state index in [1.807, 2.05) is 12.1 Å². The van der Waals surface area contributed by atoms with E-state index in [-0.39, 0.29) is 6.61 Å². The second-order valence-corrected chi connectivity index (χ2v) is 5.27. The molecule has 0 aliphatic carbocycles. The number of benzene rings is 1. The second-order valence-electron chi connectivity index (χ2n) is 5.27. The first-order chi connectivity index (χ1) is 9.78. The maximum atomic E-state index is 9.02. The molecule has 108 valence electrons. The van der Waals surface area contributed by atoms with Crippen LogP contribution in [0.4, 0.5) is 0 Å². The topological polar surface area (TPSA) is 56.5 Å². The zero-order valence-electron chi connectivity index (χ0n) is 12.0. The van der Waals surface area contributed by atoms with Gasteiger partial charge in [0, 0.05) is 24.8 Å². The molecule has 1 aromatic rings. The van der Waals surface area contributed by atoms with Crippen molar-refractivity contribution in [3.05, 3.63) is 29.3 Å². The fourth-order valence-corrected chi connectivity index (χ4v) is 2.95. The monoisotopic (exact) mass is 274 g/mol. The quantitative estimate of drug-likeness (QED) is 0.865. The molecule has 1 aliphatic heterocycles. The van der Waals surface area contributed by atoms with Crippen LogP contribution in [0.15, 0.2) is 18.2 Å². The summed E-state index contributed by atoms with van der Waals surface area (Å²) in [6.45, 7) is 2.16. The summed E-state index contributed by atoms with van der Waals surface area (Å²) in [6, 6.07) is 8.29. The number of ether oxygens (including phenoxy) is 1. The Kier molecular flexibility index (Phi) is 5.40. The average molecular weight is 274 g/mol. The molecule has 0 spiro atoms. The Balaban J connectivity index is 2.10. The van der Waals surface area contributed by atoms with E-state index >= 15 is 0 Å². The molecule has 1 heterocycles. The Morgan fingerprint density at radius 3 is 3.05 bits per heavy atom. The van der Waals surface area contributed by atoms with E-state index in [9.17, 15) is 0 Å². The fraction of sp³-hybridized carbons (Fsp3) is 0.562. The van der Waals surface area contributed by atoms with Gasteiger partial charge in [-0.25, -0.2) is 0 Å². The first kappa shape index (κ1) is 14.8. The van der Waals surface area contributed by atoms with E-state index in [1.54, 1.807) is 13.2 Å². The smallest absolute Gasteiger partial charge is 0.123 e. The largest absolute Gasteiger partial charge is 0.496 e. The third kappa shape index (κ3) is 3.50. The van der Waals surface area contributed by atoms with Crippen molar-refractivity contribution in [3.8, 4) is 11.8 Å². The molecule has 0 saturated carbocycles. The highest BCUT2D eigenvalue weighted by molar-refractivity contribution is 5.42. The number of aliphatic hydroxyl groups excluding tert-OH is 1. The molecule has 1 N–H and O–H groups in total. The molecule has 1 aliphatic rings. The molecular formula is C16H22N2O2. The molecule has 0 aromatic heterocycles. The van der Waals surface area contributed by atoms with Crippen molar-refractivity contribution >= 4 is 0 Å². The minimum absolute atomic E-state index is 0.261. The van der Waals surface area contributed by atoms with Gasteiger partial charge in [-0.15, -0.1) is 0 Å². The lowest BCUT2D eigenvalue weighted by Gasteiger charge is -2.25. The van der Waals surface area contributed by atoms with Crippen molar-refractivity contribution < 1.29 is 9.84 Å². The Morgan fingerprint density at radius 2 is 2.35 bits per heavy atom. The third-order valence-electron chi connectivity index (χ3n) is 3.98. The second kappa shape index (κ2) is 7.28. The predicted molar refractivity (Wildman–Crippen MR) is 77.5 cm³/mol. The summed E-state index contributed by atoms with van der Waals surface area (Å²) < 4.78 is 5.40. The van der Waals surface area contributed by atoms with Crippen LogP contribution in [0.5, 0.6) is 5.75 Å². The molecule has 1 atom stereocenters. The number of nitriles is 1. The average Bonchev–Trinajstić information content (AvgIpc) is 2.92. The standard InChI is InChI=1S/C16H22N2O2/c1-20-16-7-6-13(11-17)10-14(16)12-18-8-2-4-15(18)5-3-9-19/h6-7,10,15,19H,2-5,8-9,12H2,1H3. The minimum Gasteiger partial charge on any atom is -0.496 e. The lowest BCUT2D eigenvalue weighted by molar-refractivity contribution is 0.208. The van der Waals surface area contributed by atoms with Crippen molar-refractivity contribution in [3.63, 3.8) is 0 Å². The van der Waals surface area contributed by atoms with E-state index in [4.69, 9.17) is 15.1 Å².